The fourth-order valence-corrected chi connectivity index (χ4v) is 1.79. The molecule has 1 aliphatic heterocycles. The van der Waals surface area contributed by atoms with E-state index in [1.165, 1.54) is 19.3 Å². The Morgan fingerprint density at radius 3 is 2.60 bits per heavy atom. The fraction of sp³-hybridized carbons (Fsp3) is 0.818. The van der Waals surface area contributed by atoms with E-state index < -0.39 is 5.54 Å². The Bertz CT molecular complexity index is 263. The first kappa shape index (κ1) is 12.0. The van der Waals surface area contributed by atoms with E-state index in [1.54, 1.807) is 7.05 Å². The zero-order valence-electron chi connectivity index (χ0n) is 9.89. The molecule has 0 aromatic rings. The van der Waals surface area contributed by atoms with Crippen LogP contribution in [0.5, 0.6) is 0 Å². The van der Waals surface area contributed by atoms with Crippen LogP contribution in [0.2, 0.25) is 0 Å². The molecule has 1 atom stereocenters. The Morgan fingerprint density at radius 1 is 1.33 bits per heavy atom. The van der Waals surface area contributed by atoms with Gasteiger partial charge in [-0.05, 0) is 13.3 Å². The van der Waals surface area contributed by atoms with Crippen LogP contribution in [-0.2, 0) is 4.79 Å². The number of unbranched alkanes of at least 4 members (excludes halogenated alkanes) is 3. The Labute approximate surface area is 91.5 Å². The van der Waals surface area contributed by atoms with Crippen molar-refractivity contribution in [3.05, 3.63) is 0 Å². The van der Waals surface area contributed by atoms with Crippen molar-refractivity contribution < 1.29 is 4.79 Å². The van der Waals surface area contributed by atoms with E-state index in [1.807, 2.05) is 6.92 Å². The first-order valence-corrected chi connectivity index (χ1v) is 5.69. The quantitative estimate of drug-likeness (QED) is 0.676. The van der Waals surface area contributed by atoms with E-state index in [0.717, 1.165) is 12.8 Å². The molecule has 0 saturated carbocycles. The van der Waals surface area contributed by atoms with Gasteiger partial charge in [-0.15, -0.1) is 0 Å². The molecule has 1 saturated heterocycles. The highest BCUT2D eigenvalue weighted by atomic mass is 16.2. The minimum atomic E-state index is -0.456. The number of hydrogen-bond acceptors (Lipinski definition) is 2. The first-order chi connectivity index (χ1) is 7.12. The smallest absolute Gasteiger partial charge is 0.252 e. The number of amides is 1. The lowest BCUT2D eigenvalue weighted by molar-refractivity contribution is -0.123. The van der Waals surface area contributed by atoms with Crippen LogP contribution in [0.4, 0.5) is 0 Å². The molecule has 1 amide bonds. The summed E-state index contributed by atoms with van der Waals surface area (Å²) in [7, 11) is 1.67. The number of guanidine groups is 1. The van der Waals surface area contributed by atoms with Gasteiger partial charge in [0.15, 0.2) is 5.96 Å². The molecule has 15 heavy (non-hydrogen) atoms. The highest BCUT2D eigenvalue weighted by Gasteiger charge is 2.39. The predicted molar refractivity (Wildman–Crippen MR) is 61.8 cm³/mol. The molecule has 1 unspecified atom stereocenters. The molecule has 1 fully saturated rings. The number of aliphatic imine (C=N–C) groups is 1. The molecule has 0 spiro atoms. The van der Waals surface area contributed by atoms with Crippen molar-refractivity contribution in [2.45, 2.75) is 51.5 Å². The molecular weight excluding hydrogens is 190 g/mol. The van der Waals surface area contributed by atoms with Crippen molar-refractivity contribution in [3.8, 4) is 0 Å². The number of hydrogen-bond donors (Lipinski definition) is 2. The highest BCUT2D eigenvalue weighted by Crippen LogP contribution is 2.18. The summed E-state index contributed by atoms with van der Waals surface area (Å²) in [6.45, 7) is 4.12. The third kappa shape index (κ3) is 2.94. The van der Waals surface area contributed by atoms with Crippen molar-refractivity contribution >= 4 is 11.9 Å². The molecule has 0 aromatic carbocycles. The van der Waals surface area contributed by atoms with Crippen LogP contribution in [0.15, 0.2) is 4.99 Å². The second kappa shape index (κ2) is 5.14. The lowest BCUT2D eigenvalue weighted by atomic mass is 9.94. The van der Waals surface area contributed by atoms with Crippen LogP contribution in [0, 0.1) is 0 Å². The number of nitrogens with one attached hydrogen (secondary N) is 2. The second-order valence-corrected chi connectivity index (χ2v) is 4.29. The van der Waals surface area contributed by atoms with Gasteiger partial charge in [-0.1, -0.05) is 32.6 Å². The van der Waals surface area contributed by atoms with Crippen LogP contribution >= 0.6 is 0 Å². The van der Waals surface area contributed by atoms with Gasteiger partial charge in [0.1, 0.15) is 5.54 Å². The molecule has 1 aliphatic rings. The molecule has 86 valence electrons. The zero-order valence-corrected chi connectivity index (χ0v) is 9.89. The van der Waals surface area contributed by atoms with Gasteiger partial charge in [-0.2, -0.15) is 0 Å². The number of carbonyl (C=O) groups is 1. The van der Waals surface area contributed by atoms with Crippen molar-refractivity contribution in [2.75, 3.05) is 7.05 Å². The Kier molecular flexibility index (Phi) is 4.12. The molecule has 4 nitrogen and oxygen atoms in total. The lowest BCUT2D eigenvalue weighted by Crippen LogP contribution is -2.43. The second-order valence-electron chi connectivity index (χ2n) is 4.29. The van der Waals surface area contributed by atoms with Gasteiger partial charge in [-0.25, -0.2) is 0 Å². The van der Waals surface area contributed by atoms with Crippen molar-refractivity contribution in [2.24, 2.45) is 4.99 Å². The molecule has 0 aromatic heterocycles. The largest absolute Gasteiger partial charge is 0.342 e. The monoisotopic (exact) mass is 211 g/mol. The SMILES string of the molecule is CCCCCCC1(C)NC(=NC)NC1=O. The highest BCUT2D eigenvalue weighted by molar-refractivity contribution is 6.08. The molecule has 4 heteroatoms. The normalized spacial score (nSPS) is 27.9. The van der Waals surface area contributed by atoms with Gasteiger partial charge < -0.3 is 5.32 Å². The first-order valence-electron chi connectivity index (χ1n) is 5.69. The van der Waals surface area contributed by atoms with Crippen LogP contribution in [-0.4, -0.2) is 24.5 Å². The summed E-state index contributed by atoms with van der Waals surface area (Å²) in [5.74, 6) is 0.637. The summed E-state index contributed by atoms with van der Waals surface area (Å²) in [5.41, 5.74) is -0.456. The molecule has 0 aliphatic carbocycles. The molecule has 0 bridgehead atoms. The third-order valence-electron chi connectivity index (χ3n) is 2.88. The van der Waals surface area contributed by atoms with E-state index in [2.05, 4.69) is 22.5 Å². The third-order valence-corrected chi connectivity index (χ3v) is 2.88. The maximum Gasteiger partial charge on any atom is 0.252 e. The summed E-state index contributed by atoms with van der Waals surface area (Å²) >= 11 is 0. The van der Waals surface area contributed by atoms with Gasteiger partial charge in [0.25, 0.3) is 5.91 Å². The van der Waals surface area contributed by atoms with Gasteiger partial charge in [0.05, 0.1) is 0 Å². The average Bonchev–Trinajstić information content (AvgIpc) is 2.51. The van der Waals surface area contributed by atoms with E-state index >= 15 is 0 Å². The van der Waals surface area contributed by atoms with E-state index in [0.29, 0.717) is 5.96 Å². The lowest BCUT2D eigenvalue weighted by Gasteiger charge is -2.20. The van der Waals surface area contributed by atoms with E-state index in [-0.39, 0.29) is 5.91 Å². The van der Waals surface area contributed by atoms with Crippen LogP contribution in [0.25, 0.3) is 0 Å². The number of rotatable bonds is 5. The summed E-state index contributed by atoms with van der Waals surface area (Å²) in [4.78, 5) is 15.6. The Hall–Kier alpha value is -1.06. The van der Waals surface area contributed by atoms with Crippen LogP contribution in [0.1, 0.15) is 46.0 Å². The van der Waals surface area contributed by atoms with Crippen molar-refractivity contribution in [1.29, 1.82) is 0 Å². The minimum absolute atomic E-state index is 0.0413. The summed E-state index contributed by atoms with van der Waals surface area (Å²) in [6, 6.07) is 0. The number of carbonyl (C=O) groups excluding carboxylic acids is 1. The Morgan fingerprint density at radius 2 is 2.07 bits per heavy atom. The van der Waals surface area contributed by atoms with Gasteiger partial charge in [0.2, 0.25) is 0 Å². The summed E-state index contributed by atoms with van der Waals surface area (Å²) in [5, 5.41) is 5.87. The molecule has 1 heterocycles. The summed E-state index contributed by atoms with van der Waals surface area (Å²) < 4.78 is 0. The molecule has 0 radical (unpaired) electrons. The standard InChI is InChI=1S/C11H21N3O/c1-4-5-6-7-8-11(2)9(15)13-10(12-3)14-11/h4-8H2,1-3H3,(H2,12,13,14,15). The Balaban J connectivity index is 2.42. The number of nitrogens with zero attached hydrogens (tertiary/aromatic N) is 1. The van der Waals surface area contributed by atoms with Crippen molar-refractivity contribution in [3.63, 3.8) is 0 Å². The van der Waals surface area contributed by atoms with E-state index in [4.69, 9.17) is 0 Å². The van der Waals surface area contributed by atoms with Gasteiger partial charge in [0, 0.05) is 7.05 Å². The maximum absolute atomic E-state index is 11.7. The maximum atomic E-state index is 11.7. The van der Waals surface area contributed by atoms with Crippen LogP contribution < -0.4 is 10.6 Å². The molecule has 1 rings (SSSR count). The summed E-state index contributed by atoms with van der Waals surface area (Å²) in [6.07, 6.45) is 5.61. The molecule has 2 N–H and O–H groups in total. The average molecular weight is 211 g/mol. The van der Waals surface area contributed by atoms with Crippen molar-refractivity contribution in [1.82, 2.24) is 10.6 Å². The van der Waals surface area contributed by atoms with Gasteiger partial charge >= 0.3 is 0 Å². The van der Waals surface area contributed by atoms with E-state index in [9.17, 15) is 4.79 Å². The fourth-order valence-electron chi connectivity index (χ4n) is 1.79. The predicted octanol–water partition coefficient (Wildman–Crippen LogP) is 1.42. The van der Waals surface area contributed by atoms with Crippen LogP contribution in [0.3, 0.4) is 0 Å². The van der Waals surface area contributed by atoms with Gasteiger partial charge in [-0.3, -0.25) is 15.1 Å². The topological polar surface area (TPSA) is 53.5 Å². The minimum Gasteiger partial charge on any atom is -0.342 e. The molecular formula is C11H21N3O. The zero-order chi connectivity index (χ0) is 11.3.